The average Bonchev–Trinajstić information content (AvgIpc) is 2.54. The Bertz CT molecular complexity index is 341. The van der Waals surface area contributed by atoms with Gasteiger partial charge in [0.05, 0.1) is 12.1 Å². The summed E-state index contributed by atoms with van der Waals surface area (Å²) >= 11 is 0. The minimum absolute atomic E-state index is 0.297. The van der Waals surface area contributed by atoms with Gasteiger partial charge < -0.3 is 4.74 Å². The highest BCUT2D eigenvalue weighted by Crippen LogP contribution is 2.30. The normalized spacial score (nSPS) is 34.2. The first-order valence-corrected chi connectivity index (χ1v) is 8.64. The Labute approximate surface area is 128 Å². The second-order valence-electron chi connectivity index (χ2n) is 6.69. The van der Waals surface area contributed by atoms with Crippen LogP contribution in [0.25, 0.3) is 0 Å². The first kappa shape index (κ1) is 16.6. The van der Waals surface area contributed by atoms with E-state index in [1.807, 2.05) is 6.92 Å². The summed E-state index contributed by atoms with van der Waals surface area (Å²) in [5.41, 5.74) is 0. The van der Waals surface area contributed by atoms with Crippen molar-refractivity contribution in [2.75, 3.05) is 13.7 Å². The molecule has 0 N–H and O–H groups in total. The summed E-state index contributed by atoms with van der Waals surface area (Å²) in [4.78, 5) is 11.7. The van der Waals surface area contributed by atoms with Gasteiger partial charge in [-0.15, -0.1) is 0 Å². The predicted octanol–water partition coefficient (Wildman–Crippen LogP) is 4.18. The highest BCUT2D eigenvalue weighted by Gasteiger charge is 2.26. The third-order valence-corrected chi connectivity index (χ3v) is 5.11. The molecular weight excluding hydrogens is 264 g/mol. The zero-order chi connectivity index (χ0) is 15.1. The Balaban J connectivity index is 1.68. The number of carbonyl (C=O) groups excluding carboxylic acids is 1. The fraction of sp³-hybridized carbons (Fsp3) is 0.941. The lowest BCUT2D eigenvalue weighted by molar-refractivity contribution is -0.123. The van der Waals surface area contributed by atoms with Crippen molar-refractivity contribution in [1.29, 1.82) is 0 Å². The molecule has 2 rings (SSSR count). The van der Waals surface area contributed by atoms with Crippen LogP contribution in [-0.4, -0.2) is 31.6 Å². The van der Waals surface area contributed by atoms with E-state index >= 15 is 0 Å². The number of methoxy groups -OCH3 is 1. The predicted molar refractivity (Wildman–Crippen MR) is 83.5 cm³/mol. The van der Waals surface area contributed by atoms with Crippen LogP contribution >= 0.6 is 0 Å². The maximum atomic E-state index is 11.7. The van der Waals surface area contributed by atoms with Crippen LogP contribution in [0.5, 0.6) is 0 Å². The largest absolute Gasteiger partial charge is 0.384 e. The van der Waals surface area contributed by atoms with E-state index in [4.69, 9.17) is 4.74 Å². The first-order chi connectivity index (χ1) is 10.2. The number of hydrogen-bond donors (Lipinski definition) is 0. The van der Waals surface area contributed by atoms with Gasteiger partial charge in [-0.05, 0) is 57.3 Å². The van der Waals surface area contributed by atoms with Crippen molar-refractivity contribution >= 4 is 5.78 Å². The molecule has 0 saturated heterocycles. The molecule has 2 aliphatic carbocycles. The molecule has 21 heavy (non-hydrogen) atoms. The first-order valence-electron chi connectivity index (χ1n) is 8.64. The molecule has 0 amide bonds. The van der Waals surface area contributed by atoms with Crippen LogP contribution in [0.1, 0.15) is 64.7 Å². The summed E-state index contributed by atoms with van der Waals surface area (Å²) in [5.74, 6) is 1.45. The third-order valence-electron chi connectivity index (χ3n) is 5.11. The Kier molecular flexibility index (Phi) is 6.81. The molecule has 0 aliphatic heterocycles. The number of Topliss-reactive ketones (excluding diaryl/α,β-unsaturated/α-hetero) is 1. The summed E-state index contributed by atoms with van der Waals surface area (Å²) < 4.78 is 5.23. The fourth-order valence-corrected chi connectivity index (χ4v) is 3.65. The van der Waals surface area contributed by atoms with Gasteiger partial charge >= 0.3 is 0 Å². The summed E-state index contributed by atoms with van der Waals surface area (Å²) in [6.45, 7) is 2.85. The molecule has 0 spiro atoms. The molecule has 2 saturated carbocycles. The second kappa shape index (κ2) is 8.62. The third kappa shape index (κ3) is 5.17. The molecule has 0 aromatic carbocycles. The highest BCUT2D eigenvalue weighted by molar-refractivity contribution is 5.80. The molecule has 0 aromatic rings. The van der Waals surface area contributed by atoms with E-state index in [1.165, 1.54) is 12.8 Å². The van der Waals surface area contributed by atoms with Gasteiger partial charge in [0, 0.05) is 26.1 Å². The van der Waals surface area contributed by atoms with Crippen molar-refractivity contribution in [3.63, 3.8) is 0 Å². The highest BCUT2D eigenvalue weighted by atomic mass is 16.5. The molecular formula is C17H30N2O2. The fourth-order valence-electron chi connectivity index (χ4n) is 3.65. The molecule has 120 valence electrons. The molecule has 0 heterocycles. The molecule has 0 aromatic heterocycles. The topological polar surface area (TPSA) is 51.0 Å². The quantitative estimate of drug-likeness (QED) is 0.690. The summed E-state index contributed by atoms with van der Waals surface area (Å²) in [6, 6.07) is 0.788. The lowest BCUT2D eigenvalue weighted by Crippen LogP contribution is -2.23. The Morgan fingerprint density at radius 2 is 1.48 bits per heavy atom. The maximum Gasteiger partial charge on any atom is 0.135 e. The number of nitrogens with zero attached hydrogens (tertiary/aromatic N) is 2. The van der Waals surface area contributed by atoms with Gasteiger partial charge in [-0.1, -0.05) is 6.92 Å². The molecule has 2 aliphatic rings. The minimum atomic E-state index is 0.297. The van der Waals surface area contributed by atoms with E-state index in [2.05, 4.69) is 10.2 Å². The van der Waals surface area contributed by atoms with Crippen molar-refractivity contribution in [2.24, 2.45) is 22.1 Å². The van der Waals surface area contributed by atoms with Gasteiger partial charge in [0.1, 0.15) is 5.78 Å². The van der Waals surface area contributed by atoms with Crippen LogP contribution in [0, 0.1) is 11.8 Å². The van der Waals surface area contributed by atoms with E-state index in [0.29, 0.717) is 30.2 Å². The Hall–Kier alpha value is -0.770. The number of azo groups is 1. The van der Waals surface area contributed by atoms with E-state index in [0.717, 1.165) is 51.0 Å². The summed E-state index contributed by atoms with van der Waals surface area (Å²) in [6.07, 6.45) is 9.53. The minimum Gasteiger partial charge on any atom is -0.384 e. The molecule has 0 bridgehead atoms. The van der Waals surface area contributed by atoms with E-state index in [1.54, 1.807) is 7.11 Å². The standard InChI is InChI=1S/C17H30N2O2/c1-3-17(20)14-6-10-16(11-7-14)19-18-15-8-4-13(5-9-15)12-21-2/h13-16H,3-12H2,1-2H3. The maximum absolute atomic E-state index is 11.7. The van der Waals surface area contributed by atoms with Gasteiger partial charge in [0.15, 0.2) is 0 Å². The molecule has 0 atom stereocenters. The summed E-state index contributed by atoms with van der Waals surface area (Å²) in [7, 11) is 1.78. The van der Waals surface area contributed by atoms with Crippen molar-refractivity contribution in [2.45, 2.75) is 76.8 Å². The van der Waals surface area contributed by atoms with E-state index in [9.17, 15) is 4.79 Å². The number of hydrogen-bond acceptors (Lipinski definition) is 4. The van der Waals surface area contributed by atoms with Crippen molar-refractivity contribution in [3.05, 3.63) is 0 Å². The van der Waals surface area contributed by atoms with E-state index < -0.39 is 0 Å². The monoisotopic (exact) mass is 294 g/mol. The number of carbonyl (C=O) groups is 1. The van der Waals surface area contributed by atoms with Gasteiger partial charge in [-0.3, -0.25) is 4.79 Å². The molecule has 0 unspecified atom stereocenters. The lowest BCUT2D eigenvalue weighted by atomic mass is 9.83. The second-order valence-corrected chi connectivity index (χ2v) is 6.69. The van der Waals surface area contributed by atoms with Crippen molar-refractivity contribution in [3.8, 4) is 0 Å². The van der Waals surface area contributed by atoms with Gasteiger partial charge in [-0.2, -0.15) is 10.2 Å². The van der Waals surface area contributed by atoms with Crippen LogP contribution in [0.2, 0.25) is 0 Å². The van der Waals surface area contributed by atoms with E-state index in [-0.39, 0.29) is 0 Å². The van der Waals surface area contributed by atoms with Gasteiger partial charge in [0.25, 0.3) is 0 Å². The molecule has 4 heteroatoms. The number of ketones is 1. The Morgan fingerprint density at radius 1 is 0.952 bits per heavy atom. The average molecular weight is 294 g/mol. The van der Waals surface area contributed by atoms with Gasteiger partial charge in [0.2, 0.25) is 0 Å². The van der Waals surface area contributed by atoms with Crippen LogP contribution in [0.4, 0.5) is 0 Å². The van der Waals surface area contributed by atoms with Crippen LogP contribution < -0.4 is 0 Å². The molecule has 2 fully saturated rings. The molecule has 0 radical (unpaired) electrons. The SMILES string of the molecule is CCC(=O)C1CCC(N=NC2CCC(COC)CC2)CC1. The number of rotatable bonds is 6. The summed E-state index contributed by atoms with van der Waals surface area (Å²) in [5, 5.41) is 9.17. The van der Waals surface area contributed by atoms with Gasteiger partial charge in [-0.25, -0.2) is 0 Å². The van der Waals surface area contributed by atoms with Crippen LogP contribution in [-0.2, 0) is 9.53 Å². The smallest absolute Gasteiger partial charge is 0.135 e. The van der Waals surface area contributed by atoms with Crippen LogP contribution in [0.3, 0.4) is 0 Å². The zero-order valence-corrected chi connectivity index (χ0v) is 13.6. The number of ether oxygens (including phenoxy) is 1. The Morgan fingerprint density at radius 3 is 1.95 bits per heavy atom. The van der Waals surface area contributed by atoms with Crippen LogP contribution in [0.15, 0.2) is 10.2 Å². The van der Waals surface area contributed by atoms with Crippen molar-refractivity contribution < 1.29 is 9.53 Å². The molecule has 4 nitrogen and oxygen atoms in total. The zero-order valence-electron chi connectivity index (χ0n) is 13.6. The lowest BCUT2D eigenvalue weighted by Gasteiger charge is -2.27. The van der Waals surface area contributed by atoms with Crippen molar-refractivity contribution in [1.82, 2.24) is 0 Å².